The Balaban J connectivity index is 1.59. The van der Waals surface area contributed by atoms with E-state index in [4.69, 9.17) is 0 Å². The van der Waals surface area contributed by atoms with E-state index in [1.54, 1.807) is 27.7 Å². The maximum absolute atomic E-state index is 16.8. The van der Waals surface area contributed by atoms with E-state index in [1.165, 1.54) is 13.0 Å². The molecule has 1 aliphatic carbocycles. The number of nitrogens with one attached hydrogen (secondary N) is 1. The van der Waals surface area contributed by atoms with Gasteiger partial charge in [-0.3, -0.25) is 14.4 Å². The summed E-state index contributed by atoms with van der Waals surface area (Å²) in [6, 6.07) is 2.25. The minimum absolute atomic E-state index is 0.0323. The molecule has 0 bridgehead atoms. The minimum atomic E-state index is -4.82. The lowest BCUT2D eigenvalue weighted by Crippen LogP contribution is -2.41. The molecule has 1 aliphatic heterocycles. The van der Waals surface area contributed by atoms with Crippen molar-refractivity contribution in [2.24, 2.45) is 11.8 Å². The molecule has 2 aliphatic rings. The summed E-state index contributed by atoms with van der Waals surface area (Å²) in [6.45, 7) is 12.5. The lowest BCUT2D eigenvalue weighted by atomic mass is 9.87. The largest absolute Gasteiger partial charge is 0.481 e. The number of aliphatic carboxylic acids is 1. The molecular weight excluding hydrogens is 705 g/mol. The second-order valence-electron chi connectivity index (χ2n) is 15.4. The first-order valence-electron chi connectivity index (χ1n) is 18.5. The van der Waals surface area contributed by atoms with E-state index in [9.17, 15) is 32.7 Å². The molecular formula is C42H48F5N3O4. The Morgan fingerprint density at radius 3 is 2.15 bits per heavy atom. The number of alkyl halides is 3. The van der Waals surface area contributed by atoms with Gasteiger partial charge in [-0.15, -0.1) is 5.92 Å². The molecule has 1 saturated heterocycles. The molecule has 0 spiro atoms. The topological polar surface area (TPSA) is 91.6 Å². The number of pyridine rings is 1. The number of nitrogens with zero attached hydrogens (tertiary/aromatic N) is 2. The van der Waals surface area contributed by atoms with Gasteiger partial charge in [-0.05, 0) is 119 Å². The summed E-state index contributed by atoms with van der Waals surface area (Å²) in [5.74, 6) is 0.390. The van der Waals surface area contributed by atoms with E-state index in [2.05, 4.69) is 22.1 Å². The molecule has 1 aromatic heterocycles. The minimum Gasteiger partial charge on any atom is -0.481 e. The molecule has 54 heavy (non-hydrogen) atoms. The Morgan fingerprint density at radius 2 is 1.61 bits per heavy atom. The van der Waals surface area contributed by atoms with Gasteiger partial charge in [0.1, 0.15) is 17.7 Å². The van der Waals surface area contributed by atoms with E-state index in [0.717, 1.165) is 35.7 Å². The molecule has 2 aromatic carbocycles. The Morgan fingerprint density at radius 1 is 0.981 bits per heavy atom. The number of aromatic nitrogens is 1. The second-order valence-corrected chi connectivity index (χ2v) is 15.4. The van der Waals surface area contributed by atoms with Crippen LogP contribution >= 0.6 is 0 Å². The second kappa shape index (κ2) is 16.5. The number of amides is 1. The van der Waals surface area contributed by atoms with Gasteiger partial charge in [-0.25, -0.2) is 8.78 Å². The summed E-state index contributed by atoms with van der Waals surface area (Å²) in [4.78, 5) is 42.3. The highest BCUT2D eigenvalue weighted by atomic mass is 19.4. The highest BCUT2D eigenvalue weighted by Gasteiger charge is 2.39. The van der Waals surface area contributed by atoms with E-state index in [0.29, 0.717) is 54.6 Å². The quantitative estimate of drug-likeness (QED) is 0.143. The van der Waals surface area contributed by atoms with Crippen molar-refractivity contribution in [3.8, 4) is 23.0 Å². The number of carbonyl (C=O) groups is 2. The number of aryl methyl sites for hydroxylation is 3. The van der Waals surface area contributed by atoms with Crippen molar-refractivity contribution in [2.45, 2.75) is 104 Å². The molecule has 5 rings (SSSR count). The van der Waals surface area contributed by atoms with E-state index in [1.807, 2.05) is 19.1 Å². The number of carbonyl (C=O) groups excluding carboxylic acids is 1. The van der Waals surface area contributed by atoms with Gasteiger partial charge in [-0.1, -0.05) is 37.5 Å². The van der Waals surface area contributed by atoms with Crippen molar-refractivity contribution >= 4 is 11.9 Å². The SMILES string of the molecule is CC#Cc1cc(-c2c(C)cc(C)cc2C)c(F)c([C@H](CC(=O)O)NC(=O)[C@H](CC(C)C)n2cc(C3CCN(CC4CC4)CC3)c(C(F)(F)F)cc2=O)c1F. The van der Waals surface area contributed by atoms with Crippen LogP contribution in [0.2, 0.25) is 0 Å². The van der Waals surface area contributed by atoms with Gasteiger partial charge in [0, 0.05) is 29.9 Å². The van der Waals surface area contributed by atoms with Crippen molar-refractivity contribution < 1.29 is 36.6 Å². The monoisotopic (exact) mass is 753 g/mol. The lowest BCUT2D eigenvalue weighted by Gasteiger charge is -2.34. The number of benzene rings is 2. The zero-order valence-corrected chi connectivity index (χ0v) is 31.6. The zero-order valence-electron chi connectivity index (χ0n) is 31.6. The van der Waals surface area contributed by atoms with Crippen molar-refractivity contribution in [1.29, 1.82) is 0 Å². The normalized spacial score (nSPS) is 16.5. The number of hydrogen-bond donors (Lipinski definition) is 2. The van der Waals surface area contributed by atoms with E-state index in [-0.39, 0.29) is 29.0 Å². The molecule has 7 nitrogen and oxygen atoms in total. The molecule has 290 valence electrons. The van der Waals surface area contributed by atoms with Gasteiger partial charge < -0.3 is 19.9 Å². The molecule has 2 atom stereocenters. The van der Waals surface area contributed by atoms with Crippen LogP contribution in [0.4, 0.5) is 22.0 Å². The Hall–Kier alpha value is -4.50. The Kier molecular flexibility index (Phi) is 12.4. The molecule has 0 radical (unpaired) electrons. The fourth-order valence-electron chi connectivity index (χ4n) is 7.91. The number of hydrogen-bond acceptors (Lipinski definition) is 4. The van der Waals surface area contributed by atoms with Crippen LogP contribution in [0.5, 0.6) is 0 Å². The summed E-state index contributed by atoms with van der Waals surface area (Å²) >= 11 is 0. The molecule has 2 fully saturated rings. The smallest absolute Gasteiger partial charge is 0.416 e. The van der Waals surface area contributed by atoms with Crippen LogP contribution < -0.4 is 10.9 Å². The summed E-state index contributed by atoms with van der Waals surface area (Å²) in [5.41, 5.74) is -0.440. The number of halogens is 5. The van der Waals surface area contributed by atoms with E-state index < -0.39 is 70.8 Å². The first-order valence-corrected chi connectivity index (χ1v) is 18.5. The van der Waals surface area contributed by atoms with E-state index >= 15 is 8.78 Å². The highest BCUT2D eigenvalue weighted by molar-refractivity contribution is 5.82. The van der Waals surface area contributed by atoms with Crippen LogP contribution in [0.1, 0.15) is 116 Å². The van der Waals surface area contributed by atoms with Crippen molar-refractivity contribution in [1.82, 2.24) is 14.8 Å². The van der Waals surface area contributed by atoms with Crippen LogP contribution in [0.25, 0.3) is 11.1 Å². The molecule has 2 heterocycles. The van der Waals surface area contributed by atoms with Gasteiger partial charge in [0.05, 0.1) is 23.6 Å². The number of carboxylic acids is 1. The fraction of sp³-hybridized carbons (Fsp3) is 0.500. The molecule has 3 aromatic rings. The number of rotatable bonds is 12. The first-order chi connectivity index (χ1) is 25.4. The third-order valence-electron chi connectivity index (χ3n) is 10.5. The molecule has 0 unspecified atom stereocenters. The predicted octanol–water partition coefficient (Wildman–Crippen LogP) is 8.62. The first kappa shape index (κ1) is 40.7. The lowest BCUT2D eigenvalue weighted by molar-refractivity contribution is -0.139. The maximum atomic E-state index is 16.8. The van der Waals surface area contributed by atoms with Gasteiger partial charge in [0.25, 0.3) is 5.56 Å². The average Bonchev–Trinajstić information content (AvgIpc) is 3.89. The predicted molar refractivity (Wildman–Crippen MR) is 197 cm³/mol. The van der Waals surface area contributed by atoms with Crippen molar-refractivity contribution in [3.05, 3.63) is 91.4 Å². The molecule has 1 amide bonds. The number of piperidine rings is 1. The van der Waals surface area contributed by atoms with Gasteiger partial charge >= 0.3 is 12.1 Å². The third-order valence-corrected chi connectivity index (χ3v) is 10.5. The Bertz CT molecular complexity index is 2010. The van der Waals surface area contributed by atoms with Gasteiger partial charge in [-0.2, -0.15) is 13.2 Å². The summed E-state index contributed by atoms with van der Waals surface area (Å²) in [5, 5.41) is 12.4. The fourth-order valence-corrected chi connectivity index (χ4v) is 7.91. The van der Waals surface area contributed by atoms with Crippen LogP contribution in [0, 0.1) is 56.1 Å². The Labute approximate surface area is 313 Å². The third kappa shape index (κ3) is 9.23. The maximum Gasteiger partial charge on any atom is 0.416 e. The van der Waals surface area contributed by atoms with Gasteiger partial charge in [0.2, 0.25) is 5.91 Å². The van der Waals surface area contributed by atoms with Gasteiger partial charge in [0.15, 0.2) is 0 Å². The zero-order chi connectivity index (χ0) is 39.6. The van der Waals surface area contributed by atoms with Crippen molar-refractivity contribution in [2.75, 3.05) is 19.6 Å². The molecule has 1 saturated carbocycles. The molecule has 12 heteroatoms. The number of likely N-dealkylation sites (tertiary alicyclic amines) is 1. The van der Waals surface area contributed by atoms with Crippen LogP contribution in [-0.4, -0.2) is 46.1 Å². The van der Waals surface area contributed by atoms with Crippen LogP contribution in [-0.2, 0) is 15.8 Å². The summed E-state index contributed by atoms with van der Waals surface area (Å²) < 4.78 is 77.3. The summed E-state index contributed by atoms with van der Waals surface area (Å²) in [6.07, 6.45) is -1.49. The summed E-state index contributed by atoms with van der Waals surface area (Å²) in [7, 11) is 0. The number of carboxylic acid groups (broad SMARTS) is 1. The average molecular weight is 754 g/mol. The van der Waals surface area contributed by atoms with Crippen LogP contribution in [0.15, 0.2) is 35.3 Å². The van der Waals surface area contributed by atoms with Crippen molar-refractivity contribution in [3.63, 3.8) is 0 Å². The molecule has 2 N–H and O–H groups in total. The highest BCUT2D eigenvalue weighted by Crippen LogP contribution is 2.41. The van der Waals surface area contributed by atoms with Crippen LogP contribution in [0.3, 0.4) is 0 Å². The standard InChI is InChI=1S/C42H48F5N3O4/c1-7-8-29-18-30(37-25(5)16-24(4)17-26(37)6)40(44)38(39(29)43)33(20-36(52)53)48-41(54)34(15-23(2)3)50-22-31(32(19-35(50)51)42(45,46)47)28-11-13-49(14-12-28)21-27-9-10-27/h16-19,22-23,27-28,33-34H,9-15,20-21H2,1-6H3,(H,48,54)(H,52,53)/t33-,34-/m0/s1.